The lowest BCUT2D eigenvalue weighted by atomic mass is 9.82. The molecule has 1 spiro atoms. The average molecular weight is 708 g/mol. The normalized spacial score (nSPS) is 21.6. The van der Waals surface area contributed by atoms with Crippen molar-refractivity contribution >= 4 is 59.0 Å². The fraction of sp³-hybridized carbons (Fsp3) is 0.300. The van der Waals surface area contributed by atoms with Crippen molar-refractivity contribution in [2.75, 3.05) is 23.9 Å². The van der Waals surface area contributed by atoms with E-state index in [2.05, 4.69) is 42.5 Å². The van der Waals surface area contributed by atoms with Crippen LogP contribution < -0.4 is 20.1 Å². The second-order valence-corrected chi connectivity index (χ2v) is 19.1. The van der Waals surface area contributed by atoms with Crippen molar-refractivity contribution in [3.63, 3.8) is 0 Å². The van der Waals surface area contributed by atoms with Crippen LogP contribution in [0.4, 0.5) is 11.4 Å². The molecule has 3 heterocycles. The Morgan fingerprint density at radius 2 is 1.80 bits per heavy atom. The molecular weight excluding hydrogens is 666 g/mol. The van der Waals surface area contributed by atoms with E-state index in [1.165, 1.54) is 5.19 Å². The maximum Gasteiger partial charge on any atom is 0.264 e. The first-order valence-electron chi connectivity index (χ1n) is 17.1. The second-order valence-electron chi connectivity index (χ2n) is 14.0. The summed E-state index contributed by atoms with van der Waals surface area (Å²) < 4.78 is 12.4. The molecule has 2 aliphatic heterocycles. The summed E-state index contributed by atoms with van der Waals surface area (Å²) in [5, 5.41) is 16.0. The van der Waals surface area contributed by atoms with Crippen LogP contribution in [0.5, 0.6) is 5.75 Å². The monoisotopic (exact) mass is 707 g/mol. The predicted octanol–water partition coefficient (Wildman–Crippen LogP) is 7.16. The van der Waals surface area contributed by atoms with Gasteiger partial charge in [-0.3, -0.25) is 9.59 Å². The van der Waals surface area contributed by atoms with Crippen LogP contribution in [0.25, 0.3) is 10.9 Å². The van der Waals surface area contributed by atoms with E-state index in [0.717, 1.165) is 39.0 Å². The first-order valence-corrected chi connectivity index (χ1v) is 20.5. The summed E-state index contributed by atoms with van der Waals surface area (Å²) in [6.45, 7) is 7.05. The zero-order chi connectivity index (χ0) is 35.2. The van der Waals surface area contributed by atoms with E-state index in [-0.39, 0.29) is 42.4 Å². The second kappa shape index (κ2) is 13.4. The highest BCUT2D eigenvalue weighted by molar-refractivity contribution is 6.91. The number of aromatic nitrogens is 1. The van der Waals surface area contributed by atoms with Gasteiger partial charge in [-0.25, -0.2) is 0 Å². The van der Waals surface area contributed by atoms with Gasteiger partial charge in [-0.15, -0.1) is 0 Å². The topological polar surface area (TPSA) is 104 Å². The van der Waals surface area contributed by atoms with Gasteiger partial charge in [-0.2, -0.15) is 0 Å². The number of aliphatic hydroxyl groups excluding tert-OH is 1. The van der Waals surface area contributed by atoms with Gasteiger partial charge in [-0.1, -0.05) is 79.3 Å². The van der Waals surface area contributed by atoms with Crippen LogP contribution >= 0.6 is 11.6 Å². The number of carbonyl (C=O) groups excluding carboxylic acids is 2. The Hall–Kier alpha value is -4.41. The third kappa shape index (κ3) is 5.82. The number of nitrogens with zero attached hydrogens (tertiary/aromatic N) is 1. The first-order chi connectivity index (χ1) is 24.1. The molecule has 7 rings (SSSR count). The Morgan fingerprint density at radius 1 is 1.06 bits per heavy atom. The lowest BCUT2D eigenvalue weighted by molar-refractivity contribution is -0.146. The van der Waals surface area contributed by atoms with Gasteiger partial charge in [0, 0.05) is 45.9 Å². The number of aromatic amines is 1. The molecule has 0 saturated carbocycles. The van der Waals surface area contributed by atoms with Crippen LogP contribution in [-0.4, -0.2) is 49.8 Å². The number of hydrogen-bond acceptors (Lipinski definition) is 5. The van der Waals surface area contributed by atoms with E-state index in [9.17, 15) is 14.7 Å². The van der Waals surface area contributed by atoms with Crippen LogP contribution in [0, 0.1) is 5.92 Å². The number of hydrogen-bond donors (Lipinski definition) is 3. The Morgan fingerprint density at radius 3 is 2.52 bits per heavy atom. The molecule has 0 aliphatic carbocycles. The molecule has 50 heavy (non-hydrogen) atoms. The molecule has 0 bridgehead atoms. The predicted molar refractivity (Wildman–Crippen MR) is 201 cm³/mol. The molecule has 258 valence electrons. The van der Waals surface area contributed by atoms with Gasteiger partial charge in [0.1, 0.15) is 5.75 Å². The molecule has 8 nitrogen and oxygen atoms in total. The van der Waals surface area contributed by atoms with Crippen molar-refractivity contribution in [2.45, 2.75) is 56.7 Å². The summed E-state index contributed by atoms with van der Waals surface area (Å²) in [5.41, 5.74) is 3.88. The van der Waals surface area contributed by atoms with Crippen LogP contribution in [0.1, 0.15) is 30.0 Å². The van der Waals surface area contributed by atoms with Gasteiger partial charge >= 0.3 is 0 Å². The summed E-state index contributed by atoms with van der Waals surface area (Å²) >= 11 is 6.60. The van der Waals surface area contributed by atoms with Crippen molar-refractivity contribution in [3.05, 3.63) is 119 Å². The van der Waals surface area contributed by atoms with Crippen molar-refractivity contribution in [1.29, 1.82) is 0 Å². The Balaban J connectivity index is 1.14. The van der Waals surface area contributed by atoms with Crippen molar-refractivity contribution < 1.29 is 24.2 Å². The van der Waals surface area contributed by atoms with E-state index >= 15 is 0 Å². The quantitative estimate of drug-likeness (QED) is 0.134. The maximum absolute atomic E-state index is 14.8. The molecule has 1 saturated heterocycles. The zero-order valence-electron chi connectivity index (χ0n) is 28.7. The Bertz CT molecular complexity index is 2050. The number of ether oxygens (including phenoxy) is 2. The molecule has 10 heteroatoms. The van der Waals surface area contributed by atoms with Crippen molar-refractivity contribution in [1.82, 2.24) is 4.98 Å². The first kappa shape index (κ1) is 34.1. The molecule has 4 atom stereocenters. The number of para-hydroxylation sites is 1. The number of H-pyrrole nitrogens is 1. The minimum atomic E-state index is -2.29. The highest BCUT2D eigenvalue weighted by Gasteiger charge is 2.66. The molecule has 4 aromatic carbocycles. The number of methoxy groups -OCH3 is 1. The fourth-order valence-corrected chi connectivity index (χ4v) is 12.6. The molecule has 0 radical (unpaired) electrons. The van der Waals surface area contributed by atoms with Crippen molar-refractivity contribution in [2.24, 2.45) is 5.92 Å². The van der Waals surface area contributed by atoms with Gasteiger partial charge in [-0.05, 0) is 71.6 Å². The summed E-state index contributed by atoms with van der Waals surface area (Å²) in [7, 11) is -0.628. The fourth-order valence-electron chi connectivity index (χ4n) is 8.37. The third-order valence-corrected chi connectivity index (χ3v) is 15.4. The summed E-state index contributed by atoms with van der Waals surface area (Å²) in [4.78, 5) is 32.8. The number of carbonyl (C=O) groups is 2. The number of halogens is 1. The lowest BCUT2D eigenvalue weighted by Crippen LogP contribution is -2.51. The van der Waals surface area contributed by atoms with Crippen molar-refractivity contribution in [3.8, 4) is 5.75 Å². The highest BCUT2D eigenvalue weighted by Crippen LogP contribution is 2.60. The molecule has 2 aliphatic rings. The lowest BCUT2D eigenvalue weighted by Gasteiger charge is -2.37. The standard InChI is InChI=1S/C40H42ClN3O5Si/c1-25-38(50(3,4)31-16-14-30(48-2)15-17-31)36(19-20-45)49-40(25)33-22-28(41)11-18-35(33)44(39(40)47)24-26-9-12-29(13-10-26)43-37(46)21-27-23-42-34-8-6-5-7-32(27)34/h5-18,22-23,25,36,38,42,45H,19-21,24H2,1-4H3,(H,43,46)/t25-,36+,38-,40+/m1/s1. The molecule has 3 N–H and O–H groups in total. The van der Waals surface area contributed by atoms with Crippen LogP contribution in [0.2, 0.25) is 23.7 Å². The van der Waals surface area contributed by atoms with Crippen LogP contribution in [0.15, 0.2) is 97.2 Å². The van der Waals surface area contributed by atoms with E-state index < -0.39 is 13.7 Å². The third-order valence-electron chi connectivity index (χ3n) is 10.8. The summed E-state index contributed by atoms with van der Waals surface area (Å²) in [6.07, 6.45) is 2.25. The number of rotatable bonds is 10. The largest absolute Gasteiger partial charge is 0.497 e. The van der Waals surface area contributed by atoms with Gasteiger partial charge < -0.3 is 29.8 Å². The van der Waals surface area contributed by atoms with Crippen LogP contribution in [-0.2, 0) is 32.9 Å². The number of fused-ring (bicyclic) bond motifs is 3. The van der Waals surface area contributed by atoms with E-state index in [4.69, 9.17) is 21.1 Å². The van der Waals surface area contributed by atoms with Gasteiger partial charge in [0.2, 0.25) is 5.91 Å². The van der Waals surface area contributed by atoms with E-state index in [1.54, 1.807) is 12.0 Å². The van der Waals surface area contributed by atoms with Gasteiger partial charge in [0.25, 0.3) is 5.91 Å². The number of anilines is 2. The molecular formula is C40H42ClN3O5Si. The molecule has 1 aromatic heterocycles. The Kier molecular flexibility index (Phi) is 9.11. The van der Waals surface area contributed by atoms with Gasteiger partial charge in [0.15, 0.2) is 5.60 Å². The zero-order valence-corrected chi connectivity index (χ0v) is 30.5. The maximum atomic E-state index is 14.8. The molecule has 5 aromatic rings. The molecule has 2 amide bonds. The Labute approximate surface area is 298 Å². The van der Waals surface area contributed by atoms with Crippen LogP contribution in [0.3, 0.4) is 0 Å². The number of amides is 2. The van der Waals surface area contributed by atoms with E-state index in [1.807, 2.05) is 85.1 Å². The highest BCUT2D eigenvalue weighted by atomic mass is 35.5. The summed E-state index contributed by atoms with van der Waals surface area (Å²) in [5.74, 6) is 0.379. The molecule has 1 fully saturated rings. The smallest absolute Gasteiger partial charge is 0.264 e. The number of nitrogens with one attached hydrogen (secondary N) is 2. The number of benzene rings is 4. The number of aliphatic hydroxyl groups is 1. The average Bonchev–Trinajstić information content (AvgIpc) is 3.72. The van der Waals surface area contributed by atoms with E-state index in [0.29, 0.717) is 23.7 Å². The SMILES string of the molecule is COc1ccc([Si](C)(C)[C@H]2[C@H](CCO)O[C@@]3(C(=O)N(Cc4ccc(NC(=O)Cc5c[nH]c6ccccc56)cc4)c4ccc(Cl)cc43)[C@@H]2C)cc1. The summed E-state index contributed by atoms with van der Waals surface area (Å²) in [6, 6.07) is 29.3. The molecule has 0 unspecified atom stereocenters. The minimum absolute atomic E-state index is 0.0333. The minimum Gasteiger partial charge on any atom is -0.497 e. The van der Waals surface area contributed by atoms with Gasteiger partial charge in [0.05, 0.1) is 39.9 Å².